The van der Waals surface area contributed by atoms with E-state index in [0.717, 1.165) is 16.5 Å². The number of nitrogens with one attached hydrogen (secondary N) is 1. The fourth-order valence-corrected chi connectivity index (χ4v) is 2.00. The molecule has 0 bridgehead atoms. The average Bonchev–Trinajstić information content (AvgIpc) is 2.49. The minimum atomic E-state index is -0.543. The van der Waals surface area contributed by atoms with Crippen molar-refractivity contribution in [1.29, 1.82) is 0 Å². The summed E-state index contributed by atoms with van der Waals surface area (Å²) in [6.07, 6.45) is 1.73. The molecule has 0 spiro atoms. The van der Waals surface area contributed by atoms with Gasteiger partial charge in [0.25, 0.3) is 0 Å². The molecule has 0 amide bonds. The maximum atomic E-state index is 13.7. The van der Waals surface area contributed by atoms with E-state index in [-0.39, 0.29) is 11.5 Å². The normalized spacial score (nSPS) is 10.8. The minimum absolute atomic E-state index is 0.0150. The lowest BCUT2D eigenvalue weighted by Crippen LogP contribution is -2.13. The number of fused-ring (bicyclic) bond motifs is 1. The molecule has 0 radical (unpaired) electrons. The second kappa shape index (κ2) is 4.82. The lowest BCUT2D eigenvalue weighted by atomic mass is 10.1. The molecule has 5 nitrogen and oxygen atoms in total. The molecule has 0 aliphatic rings. The second-order valence-electron chi connectivity index (χ2n) is 4.35. The number of aryl methyl sites for hydroxylation is 1. The Morgan fingerprint density at radius 2 is 2.05 bits per heavy atom. The highest BCUT2D eigenvalue weighted by Crippen LogP contribution is 2.23. The van der Waals surface area contributed by atoms with Crippen molar-refractivity contribution in [3.8, 4) is 11.4 Å². The molecule has 0 aliphatic carbocycles. The Morgan fingerprint density at radius 3 is 2.85 bits per heavy atom. The Kier molecular flexibility index (Phi) is 3.00. The van der Waals surface area contributed by atoms with Crippen LogP contribution >= 0.6 is 0 Å². The lowest BCUT2D eigenvalue weighted by Gasteiger charge is -2.07. The van der Waals surface area contributed by atoms with Gasteiger partial charge in [0.2, 0.25) is 0 Å². The quantitative estimate of drug-likeness (QED) is 0.552. The molecule has 0 saturated carbocycles. The number of rotatable bonds is 2. The molecule has 3 aromatic rings. The molecule has 100 valence electrons. The third-order valence-corrected chi connectivity index (χ3v) is 3.01. The van der Waals surface area contributed by atoms with E-state index in [9.17, 15) is 4.39 Å². The van der Waals surface area contributed by atoms with E-state index in [1.807, 2.05) is 30.3 Å². The van der Waals surface area contributed by atoms with Gasteiger partial charge in [0, 0.05) is 17.1 Å². The van der Waals surface area contributed by atoms with E-state index >= 15 is 0 Å². The highest BCUT2D eigenvalue weighted by molar-refractivity contribution is 5.83. The highest BCUT2D eigenvalue weighted by Gasteiger charge is 2.12. The summed E-state index contributed by atoms with van der Waals surface area (Å²) in [4.78, 5) is 12.5. The van der Waals surface area contributed by atoms with Crippen molar-refractivity contribution in [2.24, 2.45) is 5.84 Å². The van der Waals surface area contributed by atoms with Crippen molar-refractivity contribution in [2.45, 2.75) is 6.92 Å². The number of nitrogens with two attached hydrogens (primary N) is 1. The van der Waals surface area contributed by atoms with Gasteiger partial charge in [0.15, 0.2) is 17.5 Å². The van der Waals surface area contributed by atoms with Crippen molar-refractivity contribution in [2.75, 3.05) is 5.43 Å². The molecule has 3 rings (SSSR count). The van der Waals surface area contributed by atoms with E-state index in [2.05, 4.69) is 20.4 Å². The summed E-state index contributed by atoms with van der Waals surface area (Å²) in [5.41, 5.74) is 4.15. The van der Waals surface area contributed by atoms with Crippen LogP contribution in [0.5, 0.6) is 0 Å². The number of benzene rings is 1. The van der Waals surface area contributed by atoms with Gasteiger partial charge in [-0.05, 0) is 31.2 Å². The molecular weight excluding hydrogens is 257 g/mol. The first-order valence-electron chi connectivity index (χ1n) is 6.05. The van der Waals surface area contributed by atoms with E-state index in [0.29, 0.717) is 5.82 Å². The van der Waals surface area contributed by atoms with E-state index in [1.54, 1.807) is 13.1 Å². The van der Waals surface area contributed by atoms with Crippen LogP contribution in [0.3, 0.4) is 0 Å². The molecule has 20 heavy (non-hydrogen) atoms. The standard InChI is InChI=1S/C14H12FN5/c1-8-12(15)14(20-16)19-13(18-8)10-4-5-11-9(7-10)3-2-6-17-11/h2-7H,16H2,1H3,(H,18,19,20). The summed E-state index contributed by atoms with van der Waals surface area (Å²) >= 11 is 0. The molecule has 6 heteroatoms. The summed E-state index contributed by atoms with van der Waals surface area (Å²) in [5, 5.41) is 0.970. The Hall–Kier alpha value is -2.60. The zero-order valence-electron chi connectivity index (χ0n) is 10.8. The van der Waals surface area contributed by atoms with Gasteiger partial charge < -0.3 is 5.43 Å². The molecule has 2 aromatic heterocycles. The van der Waals surface area contributed by atoms with Gasteiger partial charge in [0.05, 0.1) is 11.2 Å². The molecule has 3 N–H and O–H groups in total. The van der Waals surface area contributed by atoms with Crippen LogP contribution in [0.25, 0.3) is 22.3 Å². The molecule has 0 fully saturated rings. The predicted octanol–water partition coefficient (Wildman–Crippen LogP) is 2.42. The first kappa shape index (κ1) is 12.4. The summed E-state index contributed by atoms with van der Waals surface area (Å²) in [6, 6.07) is 9.44. The van der Waals surface area contributed by atoms with Crippen molar-refractivity contribution in [1.82, 2.24) is 15.0 Å². The number of nitrogen functional groups attached to an aromatic ring is 1. The van der Waals surface area contributed by atoms with Gasteiger partial charge in [-0.15, -0.1) is 0 Å². The van der Waals surface area contributed by atoms with E-state index in [4.69, 9.17) is 5.84 Å². The predicted molar refractivity (Wildman–Crippen MR) is 75.3 cm³/mol. The zero-order valence-corrected chi connectivity index (χ0v) is 10.8. The average molecular weight is 269 g/mol. The number of pyridine rings is 1. The first-order chi connectivity index (χ1) is 9.69. The fraction of sp³-hybridized carbons (Fsp3) is 0.0714. The largest absolute Gasteiger partial charge is 0.306 e. The third kappa shape index (κ3) is 2.06. The van der Waals surface area contributed by atoms with Gasteiger partial charge in [-0.3, -0.25) is 4.98 Å². The first-order valence-corrected chi connectivity index (χ1v) is 6.05. The maximum absolute atomic E-state index is 13.7. The topological polar surface area (TPSA) is 76.7 Å². The molecule has 0 unspecified atom stereocenters. The van der Waals surface area contributed by atoms with Crippen LogP contribution in [0.2, 0.25) is 0 Å². The zero-order chi connectivity index (χ0) is 14.1. The highest BCUT2D eigenvalue weighted by atomic mass is 19.1. The molecule has 0 atom stereocenters. The van der Waals surface area contributed by atoms with Gasteiger partial charge in [-0.2, -0.15) is 0 Å². The fourth-order valence-electron chi connectivity index (χ4n) is 2.00. The Labute approximate surface area is 114 Å². The third-order valence-electron chi connectivity index (χ3n) is 3.01. The number of hydrogen-bond acceptors (Lipinski definition) is 5. The number of anilines is 1. The van der Waals surface area contributed by atoms with Crippen LogP contribution in [-0.4, -0.2) is 15.0 Å². The van der Waals surface area contributed by atoms with Crippen LogP contribution < -0.4 is 11.3 Å². The summed E-state index contributed by atoms with van der Waals surface area (Å²) in [6.45, 7) is 1.57. The summed E-state index contributed by atoms with van der Waals surface area (Å²) in [7, 11) is 0. The molecule has 0 aliphatic heterocycles. The molecule has 2 heterocycles. The Morgan fingerprint density at radius 1 is 1.20 bits per heavy atom. The number of hydrogen-bond donors (Lipinski definition) is 2. The second-order valence-corrected chi connectivity index (χ2v) is 4.35. The smallest absolute Gasteiger partial charge is 0.187 e. The van der Waals surface area contributed by atoms with Crippen LogP contribution in [0.4, 0.5) is 10.2 Å². The van der Waals surface area contributed by atoms with Crippen LogP contribution in [0.15, 0.2) is 36.5 Å². The monoisotopic (exact) mass is 269 g/mol. The van der Waals surface area contributed by atoms with Crippen molar-refractivity contribution < 1.29 is 4.39 Å². The number of hydrazine groups is 1. The van der Waals surface area contributed by atoms with Crippen LogP contribution in [0.1, 0.15) is 5.69 Å². The molecular formula is C14H12FN5. The van der Waals surface area contributed by atoms with E-state index < -0.39 is 5.82 Å². The summed E-state index contributed by atoms with van der Waals surface area (Å²) in [5.74, 6) is 5.13. The number of halogens is 1. The van der Waals surface area contributed by atoms with Crippen molar-refractivity contribution in [3.63, 3.8) is 0 Å². The molecule has 1 aromatic carbocycles. The Bertz CT molecular complexity index is 788. The number of aromatic nitrogens is 3. The van der Waals surface area contributed by atoms with Gasteiger partial charge in [-0.25, -0.2) is 20.2 Å². The minimum Gasteiger partial charge on any atom is -0.306 e. The van der Waals surface area contributed by atoms with E-state index in [1.165, 1.54) is 0 Å². The summed E-state index contributed by atoms with van der Waals surface area (Å²) < 4.78 is 13.7. The van der Waals surface area contributed by atoms with Crippen molar-refractivity contribution in [3.05, 3.63) is 48.0 Å². The molecule has 0 saturated heterocycles. The Balaban J connectivity index is 2.17. The van der Waals surface area contributed by atoms with Gasteiger partial charge >= 0.3 is 0 Å². The SMILES string of the molecule is Cc1nc(-c2ccc3ncccc3c2)nc(NN)c1F. The van der Waals surface area contributed by atoms with Crippen LogP contribution in [-0.2, 0) is 0 Å². The van der Waals surface area contributed by atoms with Gasteiger partial charge in [-0.1, -0.05) is 6.07 Å². The van der Waals surface area contributed by atoms with Crippen molar-refractivity contribution >= 4 is 16.7 Å². The lowest BCUT2D eigenvalue weighted by molar-refractivity contribution is 0.606. The van der Waals surface area contributed by atoms with Crippen LogP contribution in [0, 0.1) is 12.7 Å². The number of nitrogens with zero attached hydrogens (tertiary/aromatic N) is 3. The maximum Gasteiger partial charge on any atom is 0.187 e. The van der Waals surface area contributed by atoms with Gasteiger partial charge in [0.1, 0.15) is 0 Å².